The van der Waals surface area contributed by atoms with Crippen molar-refractivity contribution in [1.29, 1.82) is 0 Å². The zero-order chi connectivity index (χ0) is 16.5. The lowest BCUT2D eigenvalue weighted by molar-refractivity contribution is -0.125. The van der Waals surface area contributed by atoms with E-state index in [-0.39, 0.29) is 24.9 Å². The van der Waals surface area contributed by atoms with Gasteiger partial charge >= 0.3 is 0 Å². The van der Waals surface area contributed by atoms with Crippen LogP contribution in [0.5, 0.6) is 0 Å². The second-order valence-electron chi connectivity index (χ2n) is 4.53. The van der Waals surface area contributed by atoms with E-state index in [0.717, 1.165) is 5.69 Å². The molecule has 2 aromatic heterocycles. The fourth-order valence-corrected chi connectivity index (χ4v) is 2.29. The van der Waals surface area contributed by atoms with E-state index in [0.29, 0.717) is 11.4 Å². The molecule has 0 saturated carbocycles. The topological polar surface area (TPSA) is 100 Å². The summed E-state index contributed by atoms with van der Waals surface area (Å²) in [5, 5.41) is 9.34. The molecule has 23 heavy (non-hydrogen) atoms. The molecule has 2 aromatic rings. The van der Waals surface area contributed by atoms with Gasteiger partial charge < -0.3 is 16.0 Å². The van der Waals surface area contributed by atoms with Crippen LogP contribution in [0.2, 0.25) is 0 Å². The lowest BCUT2D eigenvalue weighted by Crippen LogP contribution is -2.41. The van der Waals surface area contributed by atoms with E-state index in [4.69, 9.17) is 0 Å². The smallest absolute Gasteiger partial charge is 0.261 e. The summed E-state index contributed by atoms with van der Waals surface area (Å²) in [5.74, 6) is -1.06. The average Bonchev–Trinajstić information content (AvgIpc) is 3.11. The summed E-state index contributed by atoms with van der Waals surface area (Å²) in [7, 11) is 0. The minimum Gasteiger partial charge on any atom is -0.349 e. The SMILES string of the molecule is O=C(CNC(=O)CNC(=O)c1cccs1)NCc1ccccn1. The molecule has 7 nitrogen and oxygen atoms in total. The maximum absolute atomic E-state index is 11.6. The third-order valence-corrected chi connectivity index (χ3v) is 3.66. The number of nitrogens with one attached hydrogen (secondary N) is 3. The highest BCUT2D eigenvalue weighted by molar-refractivity contribution is 7.12. The Labute approximate surface area is 137 Å². The number of hydrogen-bond acceptors (Lipinski definition) is 5. The van der Waals surface area contributed by atoms with Gasteiger partial charge in [-0.05, 0) is 23.6 Å². The van der Waals surface area contributed by atoms with Gasteiger partial charge in [0, 0.05) is 6.20 Å². The molecule has 0 bridgehead atoms. The zero-order valence-electron chi connectivity index (χ0n) is 12.2. The molecule has 0 aromatic carbocycles. The molecule has 2 rings (SSSR count). The molecule has 0 atom stereocenters. The molecule has 0 unspecified atom stereocenters. The minimum absolute atomic E-state index is 0.152. The van der Waals surface area contributed by atoms with Crippen LogP contribution < -0.4 is 16.0 Å². The highest BCUT2D eigenvalue weighted by atomic mass is 32.1. The lowest BCUT2D eigenvalue weighted by atomic mass is 10.3. The van der Waals surface area contributed by atoms with Crippen LogP contribution in [-0.4, -0.2) is 35.8 Å². The summed E-state index contributed by atoms with van der Waals surface area (Å²) in [5.41, 5.74) is 0.732. The van der Waals surface area contributed by atoms with Crippen LogP contribution in [0, 0.1) is 0 Å². The quantitative estimate of drug-likeness (QED) is 0.679. The summed E-state index contributed by atoms with van der Waals surface area (Å²) in [6.45, 7) is -0.0323. The van der Waals surface area contributed by atoms with Gasteiger partial charge in [-0.2, -0.15) is 0 Å². The minimum atomic E-state index is -0.428. The number of hydrogen-bond donors (Lipinski definition) is 3. The van der Waals surface area contributed by atoms with Gasteiger partial charge in [0.15, 0.2) is 0 Å². The van der Waals surface area contributed by atoms with Gasteiger partial charge in [0.2, 0.25) is 11.8 Å². The van der Waals surface area contributed by atoms with Crippen molar-refractivity contribution in [3.8, 4) is 0 Å². The maximum Gasteiger partial charge on any atom is 0.261 e. The van der Waals surface area contributed by atoms with E-state index in [1.165, 1.54) is 11.3 Å². The van der Waals surface area contributed by atoms with Crippen LogP contribution in [-0.2, 0) is 16.1 Å². The first-order valence-corrected chi connectivity index (χ1v) is 7.78. The molecule has 0 fully saturated rings. The number of carbonyl (C=O) groups excluding carboxylic acids is 3. The van der Waals surface area contributed by atoms with Gasteiger partial charge in [-0.3, -0.25) is 19.4 Å². The summed E-state index contributed by atoms with van der Waals surface area (Å²) in [6, 6.07) is 8.83. The number of nitrogens with zero attached hydrogens (tertiary/aromatic N) is 1. The van der Waals surface area contributed by atoms with Crippen molar-refractivity contribution in [3.05, 3.63) is 52.5 Å². The fraction of sp³-hybridized carbons (Fsp3) is 0.200. The number of rotatable bonds is 7. The highest BCUT2D eigenvalue weighted by Crippen LogP contribution is 2.07. The Bertz CT molecular complexity index is 659. The van der Waals surface area contributed by atoms with Gasteiger partial charge in [-0.25, -0.2) is 0 Å². The van der Waals surface area contributed by atoms with E-state index in [2.05, 4.69) is 20.9 Å². The molecule has 3 amide bonds. The standard InChI is InChI=1S/C15H16N4O3S/c20-13(17-8-11-4-1-2-6-16-11)9-18-14(21)10-19-15(22)12-5-3-7-23-12/h1-7H,8-10H2,(H,17,20)(H,18,21)(H,19,22). The molecule has 0 spiro atoms. The number of amides is 3. The lowest BCUT2D eigenvalue weighted by Gasteiger charge is -2.07. The second-order valence-corrected chi connectivity index (χ2v) is 5.48. The molecule has 3 N–H and O–H groups in total. The molecule has 0 aliphatic rings. The Balaban J connectivity index is 1.62. The first kappa shape index (κ1) is 16.6. The van der Waals surface area contributed by atoms with Crippen LogP contribution in [0.25, 0.3) is 0 Å². The number of thiophene rings is 1. The molecular weight excluding hydrogens is 316 g/mol. The zero-order valence-corrected chi connectivity index (χ0v) is 13.1. The molecule has 0 saturated heterocycles. The van der Waals surface area contributed by atoms with Crippen molar-refractivity contribution in [2.45, 2.75) is 6.54 Å². The average molecular weight is 332 g/mol. The van der Waals surface area contributed by atoms with Gasteiger partial charge in [-0.1, -0.05) is 12.1 Å². The predicted octanol–water partition coefficient (Wildman–Crippen LogP) is 0.306. The van der Waals surface area contributed by atoms with Gasteiger partial charge in [0.1, 0.15) is 0 Å². The van der Waals surface area contributed by atoms with Crippen molar-refractivity contribution in [1.82, 2.24) is 20.9 Å². The van der Waals surface area contributed by atoms with E-state index >= 15 is 0 Å². The molecule has 8 heteroatoms. The summed E-state index contributed by atoms with van der Waals surface area (Å²) in [4.78, 5) is 39.4. The van der Waals surface area contributed by atoms with Crippen molar-refractivity contribution in [2.75, 3.05) is 13.1 Å². The van der Waals surface area contributed by atoms with Crippen LogP contribution in [0.3, 0.4) is 0 Å². The molecule has 0 aliphatic heterocycles. The Morgan fingerprint density at radius 1 is 0.957 bits per heavy atom. The molecule has 0 aliphatic carbocycles. The van der Waals surface area contributed by atoms with Gasteiger partial charge in [0.05, 0.1) is 30.2 Å². The van der Waals surface area contributed by atoms with Crippen LogP contribution >= 0.6 is 11.3 Å². The number of aromatic nitrogens is 1. The molecule has 2 heterocycles. The van der Waals surface area contributed by atoms with Crippen LogP contribution in [0.4, 0.5) is 0 Å². The van der Waals surface area contributed by atoms with Crippen LogP contribution in [0.15, 0.2) is 41.9 Å². The monoisotopic (exact) mass is 332 g/mol. The number of carbonyl (C=O) groups is 3. The van der Waals surface area contributed by atoms with Crippen LogP contribution in [0.1, 0.15) is 15.4 Å². The third kappa shape index (κ3) is 5.87. The number of pyridine rings is 1. The summed E-state index contributed by atoms with van der Waals surface area (Å²) < 4.78 is 0. The van der Waals surface area contributed by atoms with E-state index < -0.39 is 5.91 Å². The Hall–Kier alpha value is -2.74. The normalized spacial score (nSPS) is 9.91. The van der Waals surface area contributed by atoms with Crippen molar-refractivity contribution in [3.63, 3.8) is 0 Å². The van der Waals surface area contributed by atoms with Crippen molar-refractivity contribution < 1.29 is 14.4 Å². The second kappa shape index (κ2) is 8.64. The largest absolute Gasteiger partial charge is 0.349 e. The highest BCUT2D eigenvalue weighted by Gasteiger charge is 2.09. The first-order valence-electron chi connectivity index (χ1n) is 6.90. The van der Waals surface area contributed by atoms with Crippen molar-refractivity contribution >= 4 is 29.1 Å². The van der Waals surface area contributed by atoms with E-state index in [1.807, 2.05) is 6.07 Å². The summed E-state index contributed by atoms with van der Waals surface area (Å²) >= 11 is 1.29. The Morgan fingerprint density at radius 3 is 2.43 bits per heavy atom. The first-order chi connectivity index (χ1) is 11.1. The Kier molecular flexibility index (Phi) is 6.25. The predicted molar refractivity (Wildman–Crippen MR) is 85.7 cm³/mol. The summed E-state index contributed by atoms with van der Waals surface area (Å²) in [6.07, 6.45) is 1.64. The molecule has 120 valence electrons. The van der Waals surface area contributed by atoms with Gasteiger partial charge in [0.25, 0.3) is 5.91 Å². The molecular formula is C15H16N4O3S. The van der Waals surface area contributed by atoms with Crippen molar-refractivity contribution in [2.24, 2.45) is 0 Å². The fourth-order valence-electron chi connectivity index (χ4n) is 1.65. The van der Waals surface area contributed by atoms with E-state index in [9.17, 15) is 14.4 Å². The van der Waals surface area contributed by atoms with E-state index in [1.54, 1.807) is 35.8 Å². The third-order valence-electron chi connectivity index (χ3n) is 2.79. The van der Waals surface area contributed by atoms with Gasteiger partial charge in [-0.15, -0.1) is 11.3 Å². The molecule has 0 radical (unpaired) electrons. The Morgan fingerprint density at radius 2 is 1.74 bits per heavy atom. The maximum atomic E-state index is 11.6.